The molecule has 1 N–H and O–H groups in total. The molecule has 16 heavy (non-hydrogen) atoms. The number of aryl methyl sites for hydroxylation is 1. The SMILES string of the molecule is Fc1ccc(-c2n[nH]c3c2CSCC3)cn1. The molecule has 3 heterocycles. The molecule has 3 nitrogen and oxygen atoms in total. The number of aromatic nitrogens is 3. The number of hydrogen-bond acceptors (Lipinski definition) is 3. The van der Waals surface area contributed by atoms with Gasteiger partial charge in [-0.15, -0.1) is 0 Å². The molecule has 0 atom stereocenters. The maximum absolute atomic E-state index is 12.7. The quantitative estimate of drug-likeness (QED) is 0.772. The number of fused-ring (bicyclic) bond motifs is 1. The van der Waals surface area contributed by atoms with Crippen molar-refractivity contribution in [2.24, 2.45) is 0 Å². The molecule has 0 aromatic carbocycles. The average molecular weight is 235 g/mol. The van der Waals surface area contributed by atoms with Crippen LogP contribution in [-0.4, -0.2) is 20.9 Å². The zero-order chi connectivity index (χ0) is 11.0. The summed E-state index contributed by atoms with van der Waals surface area (Å²) in [5, 5.41) is 7.35. The fourth-order valence-corrected chi connectivity index (χ4v) is 2.87. The van der Waals surface area contributed by atoms with E-state index in [1.54, 1.807) is 6.07 Å². The second-order valence-electron chi connectivity index (χ2n) is 3.70. The number of hydrogen-bond donors (Lipinski definition) is 1. The molecule has 2 aromatic heterocycles. The zero-order valence-electron chi connectivity index (χ0n) is 8.53. The number of halogens is 1. The van der Waals surface area contributed by atoms with Gasteiger partial charge in [0.05, 0.1) is 5.69 Å². The lowest BCUT2D eigenvalue weighted by atomic mass is 10.1. The number of nitrogens with zero attached hydrogens (tertiary/aromatic N) is 2. The van der Waals surface area contributed by atoms with Crippen LogP contribution in [0.2, 0.25) is 0 Å². The molecule has 1 aliphatic heterocycles. The van der Waals surface area contributed by atoms with E-state index in [-0.39, 0.29) is 0 Å². The van der Waals surface area contributed by atoms with Crippen molar-refractivity contribution in [3.8, 4) is 11.3 Å². The Balaban J connectivity index is 2.06. The second-order valence-corrected chi connectivity index (χ2v) is 4.81. The van der Waals surface area contributed by atoms with E-state index in [0.29, 0.717) is 0 Å². The molecule has 2 aromatic rings. The maximum Gasteiger partial charge on any atom is 0.212 e. The Kier molecular flexibility index (Phi) is 2.40. The highest BCUT2D eigenvalue weighted by Crippen LogP contribution is 2.31. The fraction of sp³-hybridized carbons (Fsp3) is 0.273. The summed E-state index contributed by atoms with van der Waals surface area (Å²) in [5.74, 6) is 1.65. The predicted octanol–water partition coefficient (Wildman–Crippen LogP) is 2.40. The molecule has 0 amide bonds. The van der Waals surface area contributed by atoms with Crippen molar-refractivity contribution >= 4 is 11.8 Å². The maximum atomic E-state index is 12.7. The van der Waals surface area contributed by atoms with Crippen LogP contribution in [0.5, 0.6) is 0 Å². The molecule has 0 spiro atoms. The van der Waals surface area contributed by atoms with Gasteiger partial charge in [0, 0.05) is 28.8 Å². The number of aromatic amines is 1. The van der Waals surface area contributed by atoms with Gasteiger partial charge in [0.15, 0.2) is 0 Å². The van der Waals surface area contributed by atoms with Gasteiger partial charge >= 0.3 is 0 Å². The Morgan fingerprint density at radius 3 is 3.12 bits per heavy atom. The summed E-state index contributed by atoms with van der Waals surface area (Å²) in [7, 11) is 0. The van der Waals surface area contributed by atoms with Gasteiger partial charge in [-0.3, -0.25) is 5.10 Å². The molecule has 3 rings (SSSR count). The molecule has 0 bridgehead atoms. The van der Waals surface area contributed by atoms with Gasteiger partial charge in [-0.05, 0) is 24.3 Å². The summed E-state index contributed by atoms with van der Waals surface area (Å²) in [4.78, 5) is 3.66. The molecular formula is C11H10FN3S. The predicted molar refractivity (Wildman–Crippen MR) is 61.6 cm³/mol. The summed E-state index contributed by atoms with van der Waals surface area (Å²) in [6.07, 6.45) is 2.56. The molecule has 0 radical (unpaired) electrons. The smallest absolute Gasteiger partial charge is 0.212 e. The van der Waals surface area contributed by atoms with Gasteiger partial charge in [-0.25, -0.2) is 4.98 Å². The zero-order valence-corrected chi connectivity index (χ0v) is 9.35. The monoisotopic (exact) mass is 235 g/mol. The van der Waals surface area contributed by atoms with Gasteiger partial charge in [-0.2, -0.15) is 21.3 Å². The third-order valence-electron chi connectivity index (χ3n) is 2.70. The number of thioether (sulfide) groups is 1. The molecule has 0 aliphatic carbocycles. The number of H-pyrrole nitrogens is 1. The Bertz CT molecular complexity index is 506. The highest BCUT2D eigenvalue weighted by molar-refractivity contribution is 7.98. The highest BCUT2D eigenvalue weighted by atomic mass is 32.2. The molecule has 1 aliphatic rings. The molecule has 0 unspecified atom stereocenters. The minimum atomic E-state index is -0.456. The van der Waals surface area contributed by atoms with Gasteiger partial charge in [0.25, 0.3) is 0 Å². The van der Waals surface area contributed by atoms with E-state index < -0.39 is 5.95 Å². The Hall–Kier alpha value is -1.36. The molecule has 82 valence electrons. The molecule has 0 saturated carbocycles. The van der Waals surface area contributed by atoms with E-state index >= 15 is 0 Å². The van der Waals surface area contributed by atoms with Gasteiger partial charge in [-0.1, -0.05) is 0 Å². The summed E-state index contributed by atoms with van der Waals surface area (Å²) in [6, 6.07) is 3.09. The van der Waals surface area contributed by atoms with Gasteiger partial charge in [0.2, 0.25) is 5.95 Å². The van der Waals surface area contributed by atoms with Crippen LogP contribution in [0.1, 0.15) is 11.3 Å². The first-order chi connectivity index (χ1) is 7.84. The lowest BCUT2D eigenvalue weighted by Gasteiger charge is -2.10. The number of pyridine rings is 1. The average Bonchev–Trinajstić information content (AvgIpc) is 2.74. The second kappa shape index (κ2) is 3.90. The summed E-state index contributed by atoms with van der Waals surface area (Å²) < 4.78 is 12.7. The summed E-state index contributed by atoms with van der Waals surface area (Å²) >= 11 is 1.90. The Labute approximate surface area is 96.5 Å². The van der Waals surface area contributed by atoms with Crippen molar-refractivity contribution in [2.75, 3.05) is 5.75 Å². The number of nitrogens with one attached hydrogen (secondary N) is 1. The van der Waals surface area contributed by atoms with Crippen LogP contribution in [0.25, 0.3) is 11.3 Å². The molecule has 5 heteroatoms. The third-order valence-corrected chi connectivity index (χ3v) is 3.68. The van der Waals surface area contributed by atoms with Crippen molar-refractivity contribution < 1.29 is 4.39 Å². The summed E-state index contributed by atoms with van der Waals surface area (Å²) in [5.41, 5.74) is 4.24. The van der Waals surface area contributed by atoms with Crippen LogP contribution in [0.15, 0.2) is 18.3 Å². The largest absolute Gasteiger partial charge is 0.282 e. The van der Waals surface area contributed by atoms with Crippen LogP contribution in [-0.2, 0) is 12.2 Å². The molecular weight excluding hydrogens is 225 g/mol. The van der Waals surface area contributed by atoms with Crippen molar-refractivity contribution in [3.63, 3.8) is 0 Å². The number of rotatable bonds is 1. The first kappa shape index (κ1) is 9.84. The summed E-state index contributed by atoms with van der Waals surface area (Å²) in [6.45, 7) is 0. The van der Waals surface area contributed by atoms with Crippen LogP contribution in [0.4, 0.5) is 4.39 Å². The molecule has 0 saturated heterocycles. The lowest BCUT2D eigenvalue weighted by Crippen LogP contribution is -2.01. The standard InChI is InChI=1S/C11H10FN3S/c12-10-2-1-7(5-13-10)11-8-6-16-4-3-9(8)14-15-11/h1-2,5H,3-4,6H2,(H,14,15). The van der Waals surface area contributed by atoms with Crippen molar-refractivity contribution in [3.05, 3.63) is 35.5 Å². The van der Waals surface area contributed by atoms with E-state index in [9.17, 15) is 4.39 Å². The van der Waals surface area contributed by atoms with Gasteiger partial charge in [0.1, 0.15) is 0 Å². The van der Waals surface area contributed by atoms with Crippen molar-refractivity contribution in [1.29, 1.82) is 0 Å². The van der Waals surface area contributed by atoms with Crippen LogP contribution >= 0.6 is 11.8 Å². The van der Waals surface area contributed by atoms with Gasteiger partial charge < -0.3 is 0 Å². The Morgan fingerprint density at radius 2 is 2.31 bits per heavy atom. The van der Waals surface area contributed by atoms with Crippen LogP contribution in [0, 0.1) is 5.95 Å². The topological polar surface area (TPSA) is 41.6 Å². The lowest BCUT2D eigenvalue weighted by molar-refractivity contribution is 0.584. The van der Waals surface area contributed by atoms with E-state index in [2.05, 4.69) is 15.2 Å². The normalized spacial score (nSPS) is 14.8. The van der Waals surface area contributed by atoms with E-state index in [0.717, 1.165) is 29.2 Å². The van der Waals surface area contributed by atoms with E-state index in [4.69, 9.17) is 0 Å². The highest BCUT2D eigenvalue weighted by Gasteiger charge is 2.18. The molecule has 0 fully saturated rings. The first-order valence-electron chi connectivity index (χ1n) is 5.10. The minimum absolute atomic E-state index is 0.456. The Morgan fingerprint density at radius 1 is 1.38 bits per heavy atom. The van der Waals surface area contributed by atoms with Crippen LogP contribution in [0.3, 0.4) is 0 Å². The fourth-order valence-electron chi connectivity index (χ4n) is 1.87. The third kappa shape index (κ3) is 1.61. The van der Waals surface area contributed by atoms with E-state index in [1.807, 2.05) is 11.8 Å². The van der Waals surface area contributed by atoms with E-state index in [1.165, 1.54) is 23.5 Å². The van der Waals surface area contributed by atoms with Crippen molar-refractivity contribution in [1.82, 2.24) is 15.2 Å². The van der Waals surface area contributed by atoms with Crippen LogP contribution < -0.4 is 0 Å². The first-order valence-corrected chi connectivity index (χ1v) is 6.26. The van der Waals surface area contributed by atoms with Crippen molar-refractivity contribution in [2.45, 2.75) is 12.2 Å². The minimum Gasteiger partial charge on any atom is -0.282 e.